The first-order valence-electron chi connectivity index (χ1n) is 7.65. The Morgan fingerprint density at radius 2 is 2.08 bits per heavy atom. The van der Waals surface area contributed by atoms with E-state index in [2.05, 4.69) is 15.0 Å². The Balaban J connectivity index is 1.99. The van der Waals surface area contributed by atoms with E-state index in [9.17, 15) is 9.59 Å². The lowest BCUT2D eigenvalue weighted by Crippen LogP contribution is -2.27. The number of aryl methyl sites for hydroxylation is 1. The molecule has 9 heteroatoms. The molecule has 4 aromatic rings. The van der Waals surface area contributed by atoms with Crippen molar-refractivity contribution in [3.8, 4) is 11.4 Å². The van der Waals surface area contributed by atoms with Gasteiger partial charge in [-0.3, -0.25) is 14.2 Å². The van der Waals surface area contributed by atoms with Crippen LogP contribution in [0.1, 0.15) is 5.69 Å². The number of halogens is 1. The summed E-state index contributed by atoms with van der Waals surface area (Å²) in [6.45, 7) is 1.62. The summed E-state index contributed by atoms with van der Waals surface area (Å²) in [6, 6.07) is 7.31. The van der Waals surface area contributed by atoms with Gasteiger partial charge in [-0.05, 0) is 19.1 Å². The number of amides is 1. The van der Waals surface area contributed by atoms with Crippen LogP contribution in [0.3, 0.4) is 0 Å². The van der Waals surface area contributed by atoms with E-state index in [-0.39, 0.29) is 12.1 Å². The summed E-state index contributed by atoms with van der Waals surface area (Å²) in [5.74, 6) is -0.115. The van der Waals surface area contributed by atoms with Crippen LogP contribution in [0.25, 0.3) is 31.8 Å². The van der Waals surface area contributed by atoms with Crippen molar-refractivity contribution in [1.29, 1.82) is 0 Å². The van der Waals surface area contributed by atoms with Crippen molar-refractivity contribution in [1.82, 2.24) is 19.5 Å². The van der Waals surface area contributed by atoms with E-state index in [0.717, 1.165) is 10.9 Å². The lowest BCUT2D eigenvalue weighted by atomic mass is 10.2. The van der Waals surface area contributed by atoms with Gasteiger partial charge in [0.2, 0.25) is 5.91 Å². The maximum Gasteiger partial charge on any atom is 0.271 e. The summed E-state index contributed by atoms with van der Waals surface area (Å²) in [4.78, 5) is 37.8. The second-order valence-corrected chi connectivity index (χ2v) is 7.12. The molecule has 0 aliphatic carbocycles. The predicted molar refractivity (Wildman–Crippen MR) is 101 cm³/mol. The van der Waals surface area contributed by atoms with Crippen LogP contribution in [-0.2, 0) is 11.3 Å². The predicted octanol–water partition coefficient (Wildman–Crippen LogP) is 2.52. The molecule has 7 nitrogen and oxygen atoms in total. The van der Waals surface area contributed by atoms with Crippen molar-refractivity contribution >= 4 is 49.3 Å². The number of hydrogen-bond donors (Lipinski definition) is 1. The smallest absolute Gasteiger partial charge is 0.271 e. The van der Waals surface area contributed by atoms with Crippen LogP contribution in [0, 0.1) is 6.92 Å². The topological polar surface area (TPSA) is 104 Å². The molecule has 1 amide bonds. The number of carbonyl (C=O) groups is 1. The van der Waals surface area contributed by atoms with Gasteiger partial charge in [-0.1, -0.05) is 23.7 Å². The number of fused-ring (bicyclic) bond motifs is 3. The van der Waals surface area contributed by atoms with Gasteiger partial charge < -0.3 is 5.73 Å². The lowest BCUT2D eigenvalue weighted by Gasteiger charge is -2.05. The van der Waals surface area contributed by atoms with Crippen LogP contribution in [-0.4, -0.2) is 25.4 Å². The van der Waals surface area contributed by atoms with Crippen molar-refractivity contribution in [2.45, 2.75) is 13.5 Å². The Morgan fingerprint density at radius 1 is 1.31 bits per heavy atom. The third kappa shape index (κ3) is 2.63. The van der Waals surface area contributed by atoms with E-state index in [1.165, 1.54) is 22.2 Å². The molecule has 0 spiro atoms. The molecule has 0 atom stereocenters. The highest BCUT2D eigenvalue weighted by Crippen LogP contribution is 2.33. The molecule has 0 saturated carbocycles. The van der Waals surface area contributed by atoms with E-state index in [1.54, 1.807) is 6.07 Å². The number of hydrogen-bond acceptors (Lipinski definition) is 6. The number of rotatable bonds is 3. The van der Waals surface area contributed by atoms with Crippen molar-refractivity contribution in [3.05, 3.63) is 51.7 Å². The molecule has 2 N–H and O–H groups in total. The molecule has 26 heavy (non-hydrogen) atoms. The highest BCUT2D eigenvalue weighted by molar-refractivity contribution is 7.25. The number of primary amides is 1. The summed E-state index contributed by atoms with van der Waals surface area (Å²) in [5.41, 5.74) is 6.80. The highest BCUT2D eigenvalue weighted by atomic mass is 35.5. The van der Waals surface area contributed by atoms with Gasteiger partial charge in [0.1, 0.15) is 16.1 Å². The molecule has 1 aromatic carbocycles. The zero-order chi connectivity index (χ0) is 18.4. The summed E-state index contributed by atoms with van der Waals surface area (Å²) in [5, 5.41) is 1.28. The van der Waals surface area contributed by atoms with Crippen molar-refractivity contribution < 1.29 is 4.79 Å². The Bertz CT molecular complexity index is 1250. The maximum absolute atomic E-state index is 12.6. The molecule has 0 radical (unpaired) electrons. The van der Waals surface area contributed by atoms with Gasteiger partial charge in [0.25, 0.3) is 5.56 Å². The minimum atomic E-state index is -0.605. The molecule has 130 valence electrons. The molecule has 0 aliphatic heterocycles. The van der Waals surface area contributed by atoms with Crippen LogP contribution < -0.4 is 11.3 Å². The molecule has 0 unspecified atom stereocenters. The fourth-order valence-corrected chi connectivity index (χ4v) is 4.12. The van der Waals surface area contributed by atoms with Crippen molar-refractivity contribution in [2.75, 3.05) is 0 Å². The van der Waals surface area contributed by atoms with Crippen LogP contribution in [0.15, 0.2) is 35.4 Å². The van der Waals surface area contributed by atoms with Gasteiger partial charge in [-0.15, -0.1) is 11.3 Å². The van der Waals surface area contributed by atoms with E-state index in [0.29, 0.717) is 31.6 Å². The number of aromatic nitrogens is 4. The summed E-state index contributed by atoms with van der Waals surface area (Å²) in [6.07, 6.45) is 1.32. The van der Waals surface area contributed by atoms with Crippen LogP contribution in [0.5, 0.6) is 0 Å². The van der Waals surface area contributed by atoms with Crippen LogP contribution in [0.4, 0.5) is 0 Å². The largest absolute Gasteiger partial charge is 0.368 e. The van der Waals surface area contributed by atoms with E-state index in [4.69, 9.17) is 17.3 Å². The minimum Gasteiger partial charge on any atom is -0.368 e. The Hall–Kier alpha value is -2.84. The first-order chi connectivity index (χ1) is 12.5. The van der Waals surface area contributed by atoms with E-state index >= 15 is 0 Å². The average Bonchev–Trinajstić information content (AvgIpc) is 2.97. The molecule has 4 rings (SSSR count). The fourth-order valence-electron chi connectivity index (χ4n) is 2.77. The first-order valence-corrected chi connectivity index (χ1v) is 8.84. The van der Waals surface area contributed by atoms with Gasteiger partial charge >= 0.3 is 0 Å². The third-order valence-electron chi connectivity index (χ3n) is 3.93. The molecule has 0 aliphatic rings. The summed E-state index contributed by atoms with van der Waals surface area (Å²) >= 11 is 7.47. The number of nitrogens with zero attached hydrogens (tertiary/aromatic N) is 4. The van der Waals surface area contributed by atoms with Crippen molar-refractivity contribution in [2.24, 2.45) is 5.73 Å². The second kappa shape index (κ2) is 6.15. The van der Waals surface area contributed by atoms with E-state index < -0.39 is 5.91 Å². The molecule has 0 bridgehead atoms. The number of benzene rings is 1. The maximum atomic E-state index is 12.6. The molecule has 0 saturated heterocycles. The fraction of sp³-hybridized carbons (Fsp3) is 0.118. The molecular formula is C17H12ClN5O2S. The number of thiophene rings is 1. The van der Waals surface area contributed by atoms with Crippen LogP contribution in [0.2, 0.25) is 5.02 Å². The van der Waals surface area contributed by atoms with Gasteiger partial charge in [-0.25, -0.2) is 15.0 Å². The summed E-state index contributed by atoms with van der Waals surface area (Å²) in [7, 11) is 0. The molecule has 3 aromatic heterocycles. The van der Waals surface area contributed by atoms with Crippen molar-refractivity contribution in [3.63, 3.8) is 0 Å². The Morgan fingerprint density at radius 3 is 2.81 bits per heavy atom. The zero-order valence-corrected chi connectivity index (χ0v) is 15.1. The van der Waals surface area contributed by atoms with E-state index in [1.807, 2.05) is 25.1 Å². The molecule has 0 fully saturated rings. The van der Waals surface area contributed by atoms with Gasteiger partial charge in [0.15, 0.2) is 5.82 Å². The molecule has 3 heterocycles. The minimum absolute atomic E-state index is 0.217. The SMILES string of the molecule is Cc1nc(-c2ccccc2Cl)nc2sc3c(=O)n(CC(N)=O)cnc3c12. The standard InChI is InChI=1S/C17H12ClN5O2S/c1-8-12-13-14(17(25)23(7-20-13)6-11(19)24)26-16(12)22-15(21-8)9-4-2-3-5-10(9)18/h2-5,7H,6H2,1H3,(H2,19,24). The molecular weight excluding hydrogens is 374 g/mol. The van der Waals surface area contributed by atoms with Gasteiger partial charge in [0.05, 0.1) is 27.9 Å². The zero-order valence-electron chi connectivity index (χ0n) is 13.6. The number of nitrogens with two attached hydrogens (primary N) is 1. The average molecular weight is 386 g/mol. The monoisotopic (exact) mass is 385 g/mol. The van der Waals surface area contributed by atoms with Gasteiger partial charge in [-0.2, -0.15) is 0 Å². The summed E-state index contributed by atoms with van der Waals surface area (Å²) < 4.78 is 1.61. The quantitative estimate of drug-likeness (QED) is 0.583. The Labute approximate surface area is 156 Å². The third-order valence-corrected chi connectivity index (χ3v) is 5.32. The first kappa shape index (κ1) is 16.6. The normalized spacial score (nSPS) is 11.3. The highest BCUT2D eigenvalue weighted by Gasteiger charge is 2.18. The Kier molecular flexibility index (Phi) is 3.93. The second-order valence-electron chi connectivity index (χ2n) is 5.72. The number of carbonyl (C=O) groups excluding carboxylic acids is 1. The van der Waals surface area contributed by atoms with Crippen LogP contribution >= 0.6 is 22.9 Å². The van der Waals surface area contributed by atoms with Gasteiger partial charge in [0, 0.05) is 5.56 Å². The lowest BCUT2D eigenvalue weighted by molar-refractivity contribution is -0.118.